The van der Waals surface area contributed by atoms with Crippen LogP contribution in [0.3, 0.4) is 0 Å². The van der Waals surface area contributed by atoms with Gasteiger partial charge in [-0.2, -0.15) is 5.10 Å². The van der Waals surface area contributed by atoms with E-state index in [9.17, 15) is 0 Å². The summed E-state index contributed by atoms with van der Waals surface area (Å²) in [6.45, 7) is 2.55. The van der Waals surface area contributed by atoms with E-state index in [4.69, 9.17) is 5.73 Å². The normalized spacial score (nSPS) is 10.9. The Morgan fingerprint density at radius 3 is 3.00 bits per heavy atom. The molecule has 0 amide bonds. The summed E-state index contributed by atoms with van der Waals surface area (Å²) in [5.74, 6) is 0. The second kappa shape index (κ2) is 4.38. The highest BCUT2D eigenvalue weighted by molar-refractivity contribution is 8.01. The third-order valence-corrected chi connectivity index (χ3v) is 4.43. The van der Waals surface area contributed by atoms with Crippen molar-refractivity contribution in [2.45, 2.75) is 22.7 Å². The van der Waals surface area contributed by atoms with Gasteiger partial charge in [-0.05, 0) is 18.4 Å². The minimum atomic E-state index is 0.549. The molecule has 0 saturated carbocycles. The van der Waals surface area contributed by atoms with Crippen LogP contribution in [-0.2, 0) is 13.6 Å². The molecular weight excluding hydrogens is 226 g/mol. The molecule has 0 saturated heterocycles. The molecule has 5 heteroatoms. The molecule has 0 aliphatic rings. The number of nitrogens with zero attached hydrogens (tertiary/aromatic N) is 2. The number of aryl methyl sites for hydroxylation is 2. The van der Waals surface area contributed by atoms with Gasteiger partial charge in [0.1, 0.15) is 5.03 Å². The van der Waals surface area contributed by atoms with Crippen LogP contribution < -0.4 is 5.73 Å². The maximum absolute atomic E-state index is 5.73. The van der Waals surface area contributed by atoms with E-state index in [-0.39, 0.29) is 0 Å². The van der Waals surface area contributed by atoms with Gasteiger partial charge in [-0.25, -0.2) is 0 Å². The predicted molar refractivity (Wildman–Crippen MR) is 64.3 cm³/mol. The summed E-state index contributed by atoms with van der Waals surface area (Å²) in [5, 5.41) is 7.61. The van der Waals surface area contributed by atoms with E-state index in [0.717, 1.165) is 16.3 Å². The van der Waals surface area contributed by atoms with Crippen LogP contribution in [0, 0.1) is 6.92 Å². The summed E-state index contributed by atoms with van der Waals surface area (Å²) in [4.78, 5) is 0. The monoisotopic (exact) mass is 239 g/mol. The lowest BCUT2D eigenvalue weighted by Gasteiger charge is -2.02. The minimum absolute atomic E-state index is 0.549. The fourth-order valence-corrected chi connectivity index (χ4v) is 3.37. The molecule has 2 heterocycles. The Hall–Kier alpha value is -0.780. The number of thiophene rings is 1. The molecule has 0 radical (unpaired) electrons. The van der Waals surface area contributed by atoms with Gasteiger partial charge in [0.2, 0.25) is 0 Å². The van der Waals surface area contributed by atoms with Gasteiger partial charge >= 0.3 is 0 Å². The first kappa shape index (κ1) is 10.7. The van der Waals surface area contributed by atoms with Crippen molar-refractivity contribution in [2.75, 3.05) is 0 Å². The van der Waals surface area contributed by atoms with Gasteiger partial charge in [0.15, 0.2) is 0 Å². The maximum atomic E-state index is 5.73. The molecule has 0 aliphatic heterocycles. The standard InChI is InChI=1S/C10H13N3S2/c1-7-8(6-11)10(13(2)12-7)15-9-4-3-5-14-9/h3-5H,6,11H2,1-2H3. The van der Waals surface area contributed by atoms with Crippen molar-refractivity contribution < 1.29 is 0 Å². The zero-order valence-corrected chi connectivity index (χ0v) is 10.4. The highest BCUT2D eigenvalue weighted by Crippen LogP contribution is 2.34. The van der Waals surface area contributed by atoms with E-state index >= 15 is 0 Å². The average Bonchev–Trinajstić information content (AvgIpc) is 2.77. The predicted octanol–water partition coefficient (Wildman–Crippen LogP) is 2.40. The fourth-order valence-electron chi connectivity index (χ4n) is 1.46. The van der Waals surface area contributed by atoms with Crippen LogP contribution in [-0.4, -0.2) is 9.78 Å². The van der Waals surface area contributed by atoms with Crippen LogP contribution in [0.4, 0.5) is 0 Å². The van der Waals surface area contributed by atoms with Crippen LogP contribution >= 0.6 is 23.1 Å². The number of hydrogen-bond acceptors (Lipinski definition) is 4. The van der Waals surface area contributed by atoms with Crippen LogP contribution in [0.2, 0.25) is 0 Å². The van der Waals surface area contributed by atoms with Crippen molar-refractivity contribution in [1.82, 2.24) is 9.78 Å². The molecular formula is C10H13N3S2. The summed E-state index contributed by atoms with van der Waals surface area (Å²) < 4.78 is 3.18. The Balaban J connectivity index is 2.35. The van der Waals surface area contributed by atoms with E-state index in [1.54, 1.807) is 23.1 Å². The average molecular weight is 239 g/mol. The first-order chi connectivity index (χ1) is 7.22. The van der Waals surface area contributed by atoms with Crippen LogP contribution in [0.5, 0.6) is 0 Å². The van der Waals surface area contributed by atoms with E-state index < -0.39 is 0 Å². The van der Waals surface area contributed by atoms with Crippen molar-refractivity contribution >= 4 is 23.1 Å². The number of nitrogens with two attached hydrogens (primary N) is 1. The van der Waals surface area contributed by atoms with Crippen molar-refractivity contribution in [3.05, 3.63) is 28.8 Å². The Bertz CT molecular complexity index is 445. The molecule has 80 valence electrons. The molecule has 0 bridgehead atoms. The second-order valence-electron chi connectivity index (χ2n) is 3.23. The quantitative estimate of drug-likeness (QED) is 0.894. The summed E-state index contributed by atoms with van der Waals surface area (Å²) >= 11 is 3.47. The largest absolute Gasteiger partial charge is 0.326 e. The van der Waals surface area contributed by atoms with Crippen molar-refractivity contribution in [3.63, 3.8) is 0 Å². The van der Waals surface area contributed by atoms with E-state index in [1.165, 1.54) is 4.21 Å². The molecule has 15 heavy (non-hydrogen) atoms. The van der Waals surface area contributed by atoms with Crippen LogP contribution in [0.1, 0.15) is 11.3 Å². The first-order valence-electron chi connectivity index (χ1n) is 4.66. The van der Waals surface area contributed by atoms with E-state index in [2.05, 4.69) is 22.6 Å². The van der Waals surface area contributed by atoms with E-state index in [0.29, 0.717) is 6.54 Å². The van der Waals surface area contributed by atoms with Gasteiger partial charge in [-0.15, -0.1) is 11.3 Å². The zero-order valence-electron chi connectivity index (χ0n) is 8.73. The van der Waals surface area contributed by atoms with Gasteiger partial charge in [0.05, 0.1) is 9.90 Å². The molecule has 3 nitrogen and oxygen atoms in total. The Morgan fingerprint density at radius 1 is 1.60 bits per heavy atom. The molecule has 0 atom stereocenters. The summed E-state index contributed by atoms with van der Waals surface area (Å²) in [6, 6.07) is 4.16. The van der Waals surface area contributed by atoms with Crippen LogP contribution in [0.25, 0.3) is 0 Å². The molecule has 0 fully saturated rings. The SMILES string of the molecule is Cc1nn(C)c(Sc2cccs2)c1CN. The van der Waals surface area contributed by atoms with E-state index in [1.807, 2.05) is 18.7 Å². The Labute approximate surface area is 97.3 Å². The summed E-state index contributed by atoms with van der Waals surface area (Å²) in [7, 11) is 1.96. The topological polar surface area (TPSA) is 43.8 Å². The summed E-state index contributed by atoms with van der Waals surface area (Å²) in [6.07, 6.45) is 0. The van der Waals surface area contributed by atoms with Gasteiger partial charge in [-0.3, -0.25) is 4.68 Å². The highest BCUT2D eigenvalue weighted by atomic mass is 32.2. The molecule has 0 aliphatic carbocycles. The Morgan fingerprint density at radius 2 is 2.40 bits per heavy atom. The smallest absolute Gasteiger partial charge is 0.104 e. The number of hydrogen-bond donors (Lipinski definition) is 1. The third-order valence-electron chi connectivity index (χ3n) is 2.19. The van der Waals surface area contributed by atoms with Gasteiger partial charge in [0, 0.05) is 19.2 Å². The number of aromatic nitrogens is 2. The minimum Gasteiger partial charge on any atom is -0.326 e. The van der Waals surface area contributed by atoms with Crippen molar-refractivity contribution in [2.24, 2.45) is 12.8 Å². The van der Waals surface area contributed by atoms with Gasteiger partial charge < -0.3 is 5.73 Å². The molecule has 2 N–H and O–H groups in total. The lowest BCUT2D eigenvalue weighted by molar-refractivity contribution is 0.689. The van der Waals surface area contributed by atoms with Gasteiger partial charge in [-0.1, -0.05) is 17.8 Å². The number of rotatable bonds is 3. The van der Waals surface area contributed by atoms with Crippen molar-refractivity contribution in [1.29, 1.82) is 0 Å². The fraction of sp³-hybridized carbons (Fsp3) is 0.300. The molecule has 2 aromatic rings. The zero-order chi connectivity index (χ0) is 10.8. The molecule has 0 unspecified atom stereocenters. The van der Waals surface area contributed by atoms with Gasteiger partial charge in [0.25, 0.3) is 0 Å². The first-order valence-corrected chi connectivity index (χ1v) is 6.36. The Kier molecular flexibility index (Phi) is 3.14. The maximum Gasteiger partial charge on any atom is 0.104 e. The summed E-state index contributed by atoms with van der Waals surface area (Å²) in [5.41, 5.74) is 7.91. The lowest BCUT2D eigenvalue weighted by atomic mass is 10.3. The molecule has 2 rings (SSSR count). The second-order valence-corrected chi connectivity index (χ2v) is 5.47. The molecule has 0 aromatic carbocycles. The highest BCUT2D eigenvalue weighted by Gasteiger charge is 2.13. The third kappa shape index (κ3) is 2.09. The molecule has 2 aromatic heterocycles. The molecule has 0 spiro atoms. The van der Waals surface area contributed by atoms with Crippen molar-refractivity contribution in [3.8, 4) is 0 Å². The lowest BCUT2D eigenvalue weighted by Crippen LogP contribution is -1.99. The van der Waals surface area contributed by atoms with Crippen LogP contribution in [0.15, 0.2) is 26.7 Å².